The van der Waals surface area contributed by atoms with Gasteiger partial charge in [-0.3, -0.25) is 0 Å². The first-order chi connectivity index (χ1) is 9.55. The summed E-state index contributed by atoms with van der Waals surface area (Å²) in [7, 11) is -0.674. The second kappa shape index (κ2) is 8.17. The maximum atomic E-state index is 12.7. The summed E-state index contributed by atoms with van der Waals surface area (Å²) in [6.45, 7) is 4.52. The summed E-state index contributed by atoms with van der Waals surface area (Å²) in [6, 6.07) is 2.92. The molecule has 0 aliphatic carbocycles. The molecule has 5 nitrogen and oxygen atoms in total. The quantitative estimate of drug-likeness (QED) is 0.744. The summed E-state index contributed by atoms with van der Waals surface area (Å²) >= 11 is 9.28. The van der Waals surface area contributed by atoms with Crippen LogP contribution in [0.5, 0.6) is 5.75 Å². The summed E-state index contributed by atoms with van der Waals surface area (Å²) < 4.78 is 32.1. The zero-order valence-corrected chi connectivity index (χ0v) is 16.9. The molecule has 0 amide bonds. The zero-order valence-electron chi connectivity index (χ0n) is 12.9. The Morgan fingerprint density at radius 2 is 1.95 bits per heavy atom. The zero-order chi connectivity index (χ0) is 16.4. The number of benzene rings is 1. The molecule has 0 spiro atoms. The van der Waals surface area contributed by atoms with Gasteiger partial charge in [0, 0.05) is 18.1 Å². The number of sulfonamides is 1. The van der Waals surface area contributed by atoms with Gasteiger partial charge in [0.25, 0.3) is 0 Å². The number of hydrogen-bond acceptors (Lipinski definition) is 4. The lowest BCUT2D eigenvalue weighted by Gasteiger charge is -2.28. The minimum absolute atomic E-state index is 0. The van der Waals surface area contributed by atoms with Crippen molar-refractivity contribution in [1.82, 2.24) is 4.31 Å². The largest absolute Gasteiger partial charge is 0.495 e. The van der Waals surface area contributed by atoms with Crippen LogP contribution in [0.4, 0.5) is 0 Å². The van der Waals surface area contributed by atoms with Crippen molar-refractivity contribution in [3.63, 3.8) is 0 Å². The number of halogens is 3. The van der Waals surface area contributed by atoms with Gasteiger partial charge in [-0.25, -0.2) is 12.7 Å². The van der Waals surface area contributed by atoms with Gasteiger partial charge in [-0.2, -0.15) is 0 Å². The van der Waals surface area contributed by atoms with Crippen LogP contribution in [-0.4, -0.2) is 40.0 Å². The third-order valence-electron chi connectivity index (χ3n) is 3.10. The van der Waals surface area contributed by atoms with Crippen molar-refractivity contribution in [2.75, 3.05) is 27.2 Å². The fraction of sp³-hybridized carbons (Fsp3) is 0.538. The van der Waals surface area contributed by atoms with Gasteiger partial charge < -0.3 is 10.5 Å². The molecular weight excluding hydrogens is 415 g/mol. The van der Waals surface area contributed by atoms with Gasteiger partial charge in [0.1, 0.15) is 5.75 Å². The monoisotopic (exact) mass is 434 g/mol. The molecular formula is C13H21BrCl2N2O3S. The summed E-state index contributed by atoms with van der Waals surface area (Å²) in [4.78, 5) is 0.101. The van der Waals surface area contributed by atoms with Gasteiger partial charge in [0.15, 0.2) is 0 Å². The van der Waals surface area contributed by atoms with E-state index >= 15 is 0 Å². The third kappa shape index (κ3) is 4.97. The van der Waals surface area contributed by atoms with Crippen LogP contribution in [-0.2, 0) is 10.0 Å². The van der Waals surface area contributed by atoms with E-state index in [1.165, 1.54) is 30.6 Å². The van der Waals surface area contributed by atoms with Crippen molar-refractivity contribution >= 4 is 50.0 Å². The molecule has 2 N–H and O–H groups in total. The Bertz CT molecular complexity index is 624. The van der Waals surface area contributed by atoms with Gasteiger partial charge in [-0.1, -0.05) is 25.4 Å². The number of ether oxygens (including phenoxy) is 1. The lowest BCUT2D eigenvalue weighted by molar-refractivity contribution is 0.292. The molecule has 0 radical (unpaired) electrons. The van der Waals surface area contributed by atoms with E-state index in [0.717, 1.165) is 0 Å². The summed E-state index contributed by atoms with van der Waals surface area (Å²) in [5.41, 5.74) is 5.35. The van der Waals surface area contributed by atoms with Gasteiger partial charge in [-0.05, 0) is 40.0 Å². The average Bonchev–Trinajstić information content (AvgIpc) is 2.40. The summed E-state index contributed by atoms with van der Waals surface area (Å²) in [5, 5.41) is 0.241. The number of rotatable bonds is 6. The molecule has 0 atom stereocenters. The van der Waals surface area contributed by atoms with Crippen LogP contribution < -0.4 is 10.5 Å². The Hall–Kier alpha value is -0.0500. The van der Waals surface area contributed by atoms with Crippen molar-refractivity contribution in [3.05, 3.63) is 21.6 Å². The molecule has 0 saturated heterocycles. The van der Waals surface area contributed by atoms with E-state index in [9.17, 15) is 8.42 Å². The first-order valence-corrected chi connectivity index (χ1v) is 8.85. The number of nitrogens with two attached hydrogens (primary N) is 1. The molecule has 22 heavy (non-hydrogen) atoms. The molecule has 0 fully saturated rings. The maximum absolute atomic E-state index is 12.7. The van der Waals surface area contributed by atoms with Crippen molar-refractivity contribution in [2.45, 2.75) is 18.7 Å². The maximum Gasteiger partial charge on any atom is 0.244 e. The first kappa shape index (κ1) is 21.9. The Kier molecular flexibility index (Phi) is 8.15. The van der Waals surface area contributed by atoms with Crippen LogP contribution in [0.15, 0.2) is 21.5 Å². The normalized spacial score (nSPS) is 12.2. The van der Waals surface area contributed by atoms with Gasteiger partial charge >= 0.3 is 0 Å². The fourth-order valence-corrected chi connectivity index (χ4v) is 4.45. The number of methoxy groups -OCH3 is 1. The second-order valence-corrected chi connectivity index (χ2v) is 8.82. The number of hydrogen-bond donors (Lipinski definition) is 1. The highest BCUT2D eigenvalue weighted by molar-refractivity contribution is 9.10. The highest BCUT2D eigenvalue weighted by Crippen LogP contribution is 2.35. The van der Waals surface area contributed by atoms with Gasteiger partial charge in [0.05, 0.1) is 17.0 Å². The molecule has 9 heteroatoms. The molecule has 0 saturated carbocycles. The van der Waals surface area contributed by atoms with E-state index in [4.69, 9.17) is 22.1 Å². The van der Waals surface area contributed by atoms with Crippen LogP contribution >= 0.6 is 39.9 Å². The molecule has 1 aromatic rings. The van der Waals surface area contributed by atoms with E-state index in [1.807, 2.05) is 13.8 Å². The lowest BCUT2D eigenvalue weighted by atomic mass is 9.94. The molecule has 0 aliphatic rings. The van der Waals surface area contributed by atoms with Crippen LogP contribution in [0.1, 0.15) is 13.8 Å². The van der Waals surface area contributed by atoms with Gasteiger partial charge in [-0.15, -0.1) is 12.4 Å². The molecule has 0 bridgehead atoms. The van der Waals surface area contributed by atoms with E-state index < -0.39 is 10.0 Å². The lowest BCUT2D eigenvalue weighted by Crippen LogP contribution is -2.39. The van der Waals surface area contributed by atoms with Crippen molar-refractivity contribution in [2.24, 2.45) is 11.1 Å². The van der Waals surface area contributed by atoms with Crippen LogP contribution in [0.2, 0.25) is 5.02 Å². The van der Waals surface area contributed by atoms with Crippen LogP contribution in [0, 0.1) is 5.41 Å². The standard InChI is InChI=1S/C13H20BrClN2O3S.ClH/c1-13(2,7-16)8-17(3)21(18,19)12-6-10(15)11(20-4)5-9(12)14;/h5-6H,7-8,16H2,1-4H3;1H. The van der Waals surface area contributed by atoms with Crippen molar-refractivity contribution in [1.29, 1.82) is 0 Å². The highest BCUT2D eigenvalue weighted by Gasteiger charge is 2.29. The number of nitrogens with zero attached hydrogens (tertiary/aromatic N) is 1. The molecule has 0 aliphatic heterocycles. The second-order valence-electron chi connectivity index (χ2n) is 5.55. The van der Waals surface area contributed by atoms with Crippen LogP contribution in [0.25, 0.3) is 0 Å². The van der Waals surface area contributed by atoms with E-state index in [-0.39, 0.29) is 27.7 Å². The Balaban J connectivity index is 0.00000441. The molecule has 0 heterocycles. The smallest absolute Gasteiger partial charge is 0.244 e. The summed E-state index contributed by atoms with van der Waals surface area (Å²) in [6.07, 6.45) is 0. The predicted octanol–water partition coefficient (Wildman–Crippen LogP) is 3.14. The summed E-state index contributed by atoms with van der Waals surface area (Å²) in [5.74, 6) is 0.410. The fourth-order valence-electron chi connectivity index (χ4n) is 1.78. The van der Waals surface area contributed by atoms with Crippen molar-refractivity contribution in [3.8, 4) is 5.75 Å². The van der Waals surface area contributed by atoms with Crippen LogP contribution in [0.3, 0.4) is 0 Å². The van der Waals surface area contributed by atoms with E-state index in [1.54, 1.807) is 0 Å². The minimum atomic E-state index is -3.67. The van der Waals surface area contributed by atoms with Gasteiger partial charge in [0.2, 0.25) is 10.0 Å². The first-order valence-electron chi connectivity index (χ1n) is 6.24. The minimum Gasteiger partial charge on any atom is -0.495 e. The van der Waals surface area contributed by atoms with Crippen molar-refractivity contribution < 1.29 is 13.2 Å². The van der Waals surface area contributed by atoms with E-state index in [2.05, 4.69) is 15.9 Å². The highest BCUT2D eigenvalue weighted by atomic mass is 79.9. The SMILES string of the molecule is COc1cc(Br)c(S(=O)(=O)N(C)CC(C)(C)CN)cc1Cl.Cl. The van der Waals surface area contributed by atoms with E-state index in [0.29, 0.717) is 23.3 Å². The third-order valence-corrected chi connectivity index (χ3v) is 6.16. The molecule has 128 valence electrons. The molecule has 1 aromatic carbocycles. The molecule has 1 rings (SSSR count). The predicted molar refractivity (Wildman–Crippen MR) is 95.6 cm³/mol. The Morgan fingerprint density at radius 1 is 1.41 bits per heavy atom. The Morgan fingerprint density at radius 3 is 2.41 bits per heavy atom. The topological polar surface area (TPSA) is 72.6 Å². The average molecular weight is 436 g/mol. The molecule has 0 unspecified atom stereocenters. The molecule has 0 aromatic heterocycles. The Labute approximate surface area is 151 Å².